The third kappa shape index (κ3) is 4.15. The van der Waals surface area contributed by atoms with Crippen molar-refractivity contribution in [3.63, 3.8) is 0 Å². The highest BCUT2D eigenvalue weighted by atomic mass is 16.5. The van der Waals surface area contributed by atoms with Gasteiger partial charge in [0.15, 0.2) is 0 Å². The molecule has 1 rings (SSSR count). The Balaban J connectivity index is 2.76. The minimum Gasteiger partial charge on any atom is -0.458 e. The predicted molar refractivity (Wildman–Crippen MR) is 60.4 cm³/mol. The first-order valence-electron chi connectivity index (χ1n) is 5.31. The number of ether oxygens (including phenoxy) is 1. The Hall–Kier alpha value is -1.31. The van der Waals surface area contributed by atoms with Crippen molar-refractivity contribution < 1.29 is 9.53 Å². The molecule has 0 saturated heterocycles. The molecule has 1 aromatic carbocycles. The maximum atomic E-state index is 11.0. The van der Waals surface area contributed by atoms with Crippen LogP contribution in [0.4, 0.5) is 0 Å². The van der Waals surface area contributed by atoms with Gasteiger partial charge in [0.2, 0.25) is 0 Å². The van der Waals surface area contributed by atoms with E-state index in [1.165, 1.54) is 6.92 Å². The normalized spacial score (nSPS) is 12.5. The SMILES string of the molecule is CC(=O)OC(CC(C)C)c1ccccc1. The molecule has 0 heterocycles. The third-order valence-corrected chi connectivity index (χ3v) is 2.17. The molecule has 1 atom stereocenters. The molecule has 1 unspecified atom stereocenters. The van der Waals surface area contributed by atoms with Crippen LogP contribution < -0.4 is 0 Å². The van der Waals surface area contributed by atoms with Gasteiger partial charge in [0, 0.05) is 6.92 Å². The summed E-state index contributed by atoms with van der Waals surface area (Å²) in [7, 11) is 0. The van der Waals surface area contributed by atoms with E-state index in [-0.39, 0.29) is 12.1 Å². The van der Waals surface area contributed by atoms with Crippen LogP contribution >= 0.6 is 0 Å². The van der Waals surface area contributed by atoms with Gasteiger partial charge in [0.25, 0.3) is 0 Å². The van der Waals surface area contributed by atoms with Crippen LogP contribution in [0.3, 0.4) is 0 Å². The molecule has 0 amide bonds. The molecule has 0 radical (unpaired) electrons. The average Bonchev–Trinajstić information content (AvgIpc) is 2.17. The zero-order valence-electron chi connectivity index (χ0n) is 9.57. The molecule has 15 heavy (non-hydrogen) atoms. The lowest BCUT2D eigenvalue weighted by molar-refractivity contribution is -0.147. The summed E-state index contributed by atoms with van der Waals surface area (Å²) in [5.41, 5.74) is 1.07. The van der Waals surface area contributed by atoms with Gasteiger partial charge in [-0.15, -0.1) is 0 Å². The summed E-state index contributed by atoms with van der Waals surface area (Å²) in [5.74, 6) is 0.291. The molecule has 82 valence electrons. The first-order chi connectivity index (χ1) is 7.09. The van der Waals surface area contributed by atoms with E-state index >= 15 is 0 Å². The zero-order chi connectivity index (χ0) is 11.3. The van der Waals surface area contributed by atoms with Crippen LogP contribution in [0.2, 0.25) is 0 Å². The van der Waals surface area contributed by atoms with Gasteiger partial charge < -0.3 is 4.74 Å². The van der Waals surface area contributed by atoms with Gasteiger partial charge in [-0.05, 0) is 17.9 Å². The fourth-order valence-corrected chi connectivity index (χ4v) is 1.55. The van der Waals surface area contributed by atoms with E-state index in [1.807, 2.05) is 30.3 Å². The van der Waals surface area contributed by atoms with Gasteiger partial charge in [0.1, 0.15) is 6.10 Å². The van der Waals surface area contributed by atoms with Gasteiger partial charge in [0.05, 0.1) is 0 Å². The molecular formula is C13H18O2. The fourth-order valence-electron chi connectivity index (χ4n) is 1.55. The van der Waals surface area contributed by atoms with Crippen LogP contribution in [0.15, 0.2) is 30.3 Å². The highest BCUT2D eigenvalue weighted by Crippen LogP contribution is 2.24. The van der Waals surface area contributed by atoms with Crippen molar-refractivity contribution in [1.82, 2.24) is 0 Å². The lowest BCUT2D eigenvalue weighted by atomic mass is 9.99. The molecule has 1 aromatic rings. The highest BCUT2D eigenvalue weighted by molar-refractivity contribution is 5.66. The average molecular weight is 206 g/mol. The summed E-state index contributed by atoms with van der Waals surface area (Å²) >= 11 is 0. The van der Waals surface area contributed by atoms with Crippen LogP contribution in [-0.4, -0.2) is 5.97 Å². The highest BCUT2D eigenvalue weighted by Gasteiger charge is 2.15. The first kappa shape index (κ1) is 11.8. The lowest BCUT2D eigenvalue weighted by Crippen LogP contribution is -2.10. The van der Waals surface area contributed by atoms with E-state index in [0.717, 1.165) is 12.0 Å². The van der Waals surface area contributed by atoms with Crippen LogP contribution in [0, 0.1) is 5.92 Å². The van der Waals surface area contributed by atoms with E-state index in [1.54, 1.807) is 0 Å². The van der Waals surface area contributed by atoms with Crippen LogP contribution in [0.5, 0.6) is 0 Å². The molecule has 0 fully saturated rings. The molecule has 0 aliphatic rings. The first-order valence-corrected chi connectivity index (χ1v) is 5.31. The Morgan fingerprint density at radius 3 is 2.33 bits per heavy atom. The van der Waals surface area contributed by atoms with E-state index in [4.69, 9.17) is 4.74 Å². The Bertz CT molecular complexity index is 304. The van der Waals surface area contributed by atoms with Crippen molar-refractivity contribution >= 4 is 5.97 Å². The van der Waals surface area contributed by atoms with Crippen molar-refractivity contribution in [2.45, 2.75) is 33.3 Å². The molecule has 0 aromatic heterocycles. The minimum atomic E-state index is -0.218. The topological polar surface area (TPSA) is 26.3 Å². The van der Waals surface area contributed by atoms with E-state index in [2.05, 4.69) is 13.8 Å². The van der Waals surface area contributed by atoms with Gasteiger partial charge in [-0.25, -0.2) is 0 Å². The number of benzene rings is 1. The minimum absolute atomic E-state index is 0.108. The molecular weight excluding hydrogens is 188 g/mol. The molecule has 0 saturated carbocycles. The summed E-state index contributed by atoms with van der Waals surface area (Å²) in [6, 6.07) is 9.88. The van der Waals surface area contributed by atoms with Crippen LogP contribution in [0.1, 0.15) is 38.9 Å². The Morgan fingerprint density at radius 1 is 1.27 bits per heavy atom. The number of carbonyl (C=O) groups excluding carboxylic acids is 1. The number of hydrogen-bond donors (Lipinski definition) is 0. The molecule has 2 nitrogen and oxygen atoms in total. The smallest absolute Gasteiger partial charge is 0.303 e. The standard InChI is InChI=1S/C13H18O2/c1-10(2)9-13(15-11(3)14)12-7-5-4-6-8-12/h4-8,10,13H,9H2,1-3H3. The second kappa shape index (κ2) is 5.54. The Kier molecular flexibility index (Phi) is 4.35. The van der Waals surface area contributed by atoms with Gasteiger partial charge >= 0.3 is 5.97 Å². The van der Waals surface area contributed by atoms with Crippen molar-refractivity contribution in [3.05, 3.63) is 35.9 Å². The van der Waals surface area contributed by atoms with E-state index in [9.17, 15) is 4.79 Å². The van der Waals surface area contributed by atoms with Gasteiger partial charge in [-0.2, -0.15) is 0 Å². The summed E-state index contributed by atoms with van der Waals surface area (Å²) in [6.07, 6.45) is 0.757. The molecule has 0 aliphatic carbocycles. The van der Waals surface area contributed by atoms with Crippen LogP contribution in [0.25, 0.3) is 0 Å². The number of carbonyl (C=O) groups is 1. The van der Waals surface area contributed by atoms with Crippen LogP contribution in [-0.2, 0) is 9.53 Å². The van der Waals surface area contributed by atoms with E-state index < -0.39 is 0 Å². The molecule has 2 heteroatoms. The summed E-state index contributed by atoms with van der Waals surface area (Å²) < 4.78 is 5.31. The monoisotopic (exact) mass is 206 g/mol. The number of hydrogen-bond acceptors (Lipinski definition) is 2. The quantitative estimate of drug-likeness (QED) is 0.706. The Labute approximate surface area is 91.3 Å². The lowest BCUT2D eigenvalue weighted by Gasteiger charge is -2.19. The van der Waals surface area contributed by atoms with Gasteiger partial charge in [-0.3, -0.25) is 4.79 Å². The molecule has 0 aliphatic heterocycles. The van der Waals surface area contributed by atoms with Crippen molar-refractivity contribution in [2.24, 2.45) is 5.92 Å². The largest absolute Gasteiger partial charge is 0.458 e. The second-order valence-electron chi connectivity index (χ2n) is 4.14. The zero-order valence-corrected chi connectivity index (χ0v) is 9.57. The predicted octanol–water partition coefficient (Wildman–Crippen LogP) is 3.34. The summed E-state index contributed by atoms with van der Waals surface area (Å²) in [6.45, 7) is 5.70. The van der Waals surface area contributed by atoms with Crippen molar-refractivity contribution in [1.29, 1.82) is 0 Å². The van der Waals surface area contributed by atoms with Crippen molar-refractivity contribution in [2.75, 3.05) is 0 Å². The summed E-state index contributed by atoms with van der Waals surface area (Å²) in [5, 5.41) is 0. The summed E-state index contributed by atoms with van der Waals surface area (Å²) in [4.78, 5) is 11.0. The van der Waals surface area contributed by atoms with Crippen molar-refractivity contribution in [3.8, 4) is 0 Å². The Morgan fingerprint density at radius 2 is 1.87 bits per heavy atom. The maximum absolute atomic E-state index is 11.0. The fraction of sp³-hybridized carbons (Fsp3) is 0.462. The molecule has 0 spiro atoms. The molecule has 0 bridgehead atoms. The number of esters is 1. The van der Waals surface area contributed by atoms with E-state index in [0.29, 0.717) is 5.92 Å². The second-order valence-corrected chi connectivity index (χ2v) is 4.14. The maximum Gasteiger partial charge on any atom is 0.303 e. The molecule has 0 N–H and O–H groups in total. The number of rotatable bonds is 4. The van der Waals surface area contributed by atoms with Gasteiger partial charge in [-0.1, -0.05) is 44.2 Å². The third-order valence-electron chi connectivity index (χ3n) is 2.17.